The first-order valence-corrected chi connectivity index (χ1v) is 7.35. The fraction of sp³-hybridized carbons (Fsp3) is 1.00. The van der Waals surface area contributed by atoms with E-state index in [-0.39, 0.29) is 0 Å². The first kappa shape index (κ1) is 14.9. The van der Waals surface area contributed by atoms with Crippen LogP contribution in [0.2, 0.25) is 0 Å². The zero-order valence-electron chi connectivity index (χ0n) is 12.0. The summed E-state index contributed by atoms with van der Waals surface area (Å²) in [6, 6.07) is 0.784. The van der Waals surface area contributed by atoms with Crippen LogP contribution < -0.4 is 5.32 Å². The van der Waals surface area contributed by atoms with Crippen molar-refractivity contribution in [2.24, 2.45) is 0 Å². The van der Waals surface area contributed by atoms with Gasteiger partial charge in [-0.25, -0.2) is 0 Å². The Morgan fingerprint density at radius 2 is 2.00 bits per heavy atom. The largest absolute Gasteiger partial charge is 0.320 e. The van der Waals surface area contributed by atoms with Gasteiger partial charge in [0.1, 0.15) is 0 Å². The molecule has 0 aromatic carbocycles. The molecule has 102 valence electrons. The molecule has 1 fully saturated rings. The summed E-state index contributed by atoms with van der Waals surface area (Å²) in [7, 11) is 4.30. The summed E-state index contributed by atoms with van der Waals surface area (Å²) in [4.78, 5) is 5.22. The molecular weight excluding hydrogens is 210 g/mol. The van der Waals surface area contributed by atoms with Crippen molar-refractivity contribution in [1.82, 2.24) is 15.1 Å². The van der Waals surface area contributed by atoms with Gasteiger partial charge in [-0.1, -0.05) is 13.3 Å². The van der Waals surface area contributed by atoms with Gasteiger partial charge in [-0.2, -0.15) is 0 Å². The van der Waals surface area contributed by atoms with Gasteiger partial charge in [0.15, 0.2) is 0 Å². The van der Waals surface area contributed by atoms with Gasteiger partial charge < -0.3 is 10.2 Å². The Kier molecular flexibility index (Phi) is 7.82. The summed E-state index contributed by atoms with van der Waals surface area (Å²) in [5.74, 6) is 0. The van der Waals surface area contributed by atoms with E-state index < -0.39 is 0 Å². The minimum Gasteiger partial charge on any atom is -0.320 e. The number of rotatable bonds is 7. The van der Waals surface area contributed by atoms with Crippen molar-refractivity contribution in [3.63, 3.8) is 0 Å². The molecule has 0 saturated carbocycles. The first-order valence-electron chi connectivity index (χ1n) is 7.35. The molecule has 0 spiro atoms. The fourth-order valence-corrected chi connectivity index (χ4v) is 2.77. The Hall–Kier alpha value is -0.120. The molecule has 1 heterocycles. The lowest BCUT2D eigenvalue weighted by Gasteiger charge is -2.30. The molecule has 0 amide bonds. The second-order valence-corrected chi connectivity index (χ2v) is 5.38. The average Bonchev–Trinajstić information content (AvgIpc) is 2.50. The van der Waals surface area contributed by atoms with E-state index >= 15 is 0 Å². The van der Waals surface area contributed by atoms with Crippen molar-refractivity contribution in [3.8, 4) is 0 Å². The highest BCUT2D eigenvalue weighted by Crippen LogP contribution is 2.13. The van der Waals surface area contributed by atoms with Gasteiger partial charge in [0.05, 0.1) is 0 Å². The van der Waals surface area contributed by atoms with Crippen molar-refractivity contribution in [3.05, 3.63) is 0 Å². The molecule has 1 N–H and O–H groups in total. The third-order valence-corrected chi connectivity index (χ3v) is 3.87. The predicted molar refractivity (Wildman–Crippen MR) is 75.5 cm³/mol. The maximum atomic E-state index is 3.22. The van der Waals surface area contributed by atoms with Crippen LogP contribution in [0.5, 0.6) is 0 Å². The van der Waals surface area contributed by atoms with E-state index in [2.05, 4.69) is 29.1 Å². The van der Waals surface area contributed by atoms with Crippen LogP contribution in [-0.4, -0.2) is 62.7 Å². The third kappa shape index (κ3) is 5.84. The molecule has 0 radical (unpaired) electrons. The quantitative estimate of drug-likeness (QED) is 0.686. The zero-order valence-corrected chi connectivity index (χ0v) is 12.0. The summed E-state index contributed by atoms with van der Waals surface area (Å²) >= 11 is 0. The van der Waals surface area contributed by atoms with Crippen LogP contribution in [0.15, 0.2) is 0 Å². The summed E-state index contributed by atoms with van der Waals surface area (Å²) in [5.41, 5.74) is 0. The average molecular weight is 241 g/mol. The Morgan fingerprint density at radius 3 is 2.71 bits per heavy atom. The number of hydrogen-bond donors (Lipinski definition) is 1. The van der Waals surface area contributed by atoms with Gasteiger partial charge >= 0.3 is 0 Å². The molecule has 3 heteroatoms. The lowest BCUT2D eigenvalue weighted by molar-refractivity contribution is 0.180. The van der Waals surface area contributed by atoms with Crippen LogP contribution in [-0.2, 0) is 0 Å². The Morgan fingerprint density at radius 1 is 1.18 bits per heavy atom. The van der Waals surface area contributed by atoms with E-state index in [1.807, 2.05) is 7.05 Å². The maximum absolute atomic E-state index is 3.22. The second kappa shape index (κ2) is 8.90. The Bertz CT molecular complexity index is 184. The second-order valence-electron chi connectivity index (χ2n) is 5.38. The van der Waals surface area contributed by atoms with Crippen LogP contribution in [0.4, 0.5) is 0 Å². The topological polar surface area (TPSA) is 18.5 Å². The smallest absolute Gasteiger partial charge is 0.0220 e. The molecular formula is C14H31N3. The van der Waals surface area contributed by atoms with Crippen LogP contribution >= 0.6 is 0 Å². The number of unbranched alkanes of at least 4 members (excludes halogenated alkanes) is 2. The maximum Gasteiger partial charge on any atom is 0.0220 e. The highest BCUT2D eigenvalue weighted by molar-refractivity contribution is 4.77. The molecule has 1 unspecified atom stereocenters. The molecule has 17 heavy (non-hydrogen) atoms. The molecule has 1 aliphatic heterocycles. The van der Waals surface area contributed by atoms with Crippen LogP contribution in [0, 0.1) is 0 Å². The van der Waals surface area contributed by atoms with Crippen LogP contribution in [0.25, 0.3) is 0 Å². The molecule has 0 aromatic heterocycles. The number of nitrogens with one attached hydrogen (secondary N) is 1. The standard InChI is InChI=1S/C14H31N3/c1-4-14-13-16(3)10-8-12-17(14)11-7-5-6-9-15-2/h14-15H,4-13H2,1-3H3. The van der Waals surface area contributed by atoms with Gasteiger partial charge in [0.25, 0.3) is 0 Å². The number of likely N-dealkylation sites (N-methyl/N-ethyl adjacent to an activating group) is 1. The highest BCUT2D eigenvalue weighted by atomic mass is 15.2. The first-order chi connectivity index (χ1) is 8.27. The van der Waals surface area contributed by atoms with E-state index in [9.17, 15) is 0 Å². The van der Waals surface area contributed by atoms with E-state index in [1.54, 1.807) is 0 Å². The van der Waals surface area contributed by atoms with Gasteiger partial charge in [0, 0.05) is 12.6 Å². The molecule has 0 bridgehead atoms. The molecule has 0 aromatic rings. The Labute approximate surface area is 108 Å². The van der Waals surface area contributed by atoms with E-state index in [0.717, 1.165) is 6.04 Å². The summed E-state index contributed by atoms with van der Waals surface area (Å²) < 4.78 is 0. The van der Waals surface area contributed by atoms with E-state index in [4.69, 9.17) is 0 Å². The fourth-order valence-electron chi connectivity index (χ4n) is 2.77. The normalized spacial score (nSPS) is 23.8. The van der Waals surface area contributed by atoms with E-state index in [0.29, 0.717) is 0 Å². The van der Waals surface area contributed by atoms with Crippen molar-refractivity contribution in [2.45, 2.75) is 45.1 Å². The van der Waals surface area contributed by atoms with Crippen molar-refractivity contribution in [2.75, 3.05) is 46.8 Å². The SMILES string of the molecule is CCC1CN(C)CCCN1CCCCCNC. The number of nitrogens with zero attached hydrogens (tertiary/aromatic N) is 2. The van der Waals surface area contributed by atoms with Gasteiger partial charge in [-0.05, 0) is 66.0 Å². The van der Waals surface area contributed by atoms with Crippen molar-refractivity contribution in [1.29, 1.82) is 0 Å². The van der Waals surface area contributed by atoms with E-state index in [1.165, 1.54) is 64.8 Å². The van der Waals surface area contributed by atoms with Crippen molar-refractivity contribution >= 4 is 0 Å². The van der Waals surface area contributed by atoms with Gasteiger partial charge in [-0.15, -0.1) is 0 Å². The summed E-state index contributed by atoms with van der Waals surface area (Å²) in [6.07, 6.45) is 6.68. The van der Waals surface area contributed by atoms with Gasteiger partial charge in [0.2, 0.25) is 0 Å². The summed E-state index contributed by atoms with van der Waals surface area (Å²) in [6.45, 7) is 8.63. The predicted octanol–water partition coefficient (Wildman–Crippen LogP) is 1.79. The highest BCUT2D eigenvalue weighted by Gasteiger charge is 2.20. The van der Waals surface area contributed by atoms with Crippen molar-refractivity contribution < 1.29 is 0 Å². The molecule has 1 aliphatic rings. The lowest BCUT2D eigenvalue weighted by atomic mass is 10.1. The molecule has 3 nitrogen and oxygen atoms in total. The lowest BCUT2D eigenvalue weighted by Crippen LogP contribution is -2.40. The minimum absolute atomic E-state index is 0.784. The van der Waals surface area contributed by atoms with Crippen LogP contribution in [0.3, 0.4) is 0 Å². The number of hydrogen-bond acceptors (Lipinski definition) is 3. The Balaban J connectivity index is 2.23. The molecule has 1 saturated heterocycles. The zero-order chi connectivity index (χ0) is 12.5. The minimum atomic E-state index is 0.784. The third-order valence-electron chi connectivity index (χ3n) is 3.87. The summed E-state index contributed by atoms with van der Waals surface area (Å²) in [5, 5.41) is 3.22. The monoisotopic (exact) mass is 241 g/mol. The van der Waals surface area contributed by atoms with Gasteiger partial charge in [-0.3, -0.25) is 4.90 Å². The molecule has 1 atom stereocenters. The molecule has 0 aliphatic carbocycles. The van der Waals surface area contributed by atoms with Crippen LogP contribution in [0.1, 0.15) is 39.0 Å². The molecule has 1 rings (SSSR count).